The monoisotopic (exact) mass is 319 g/mol. The minimum atomic E-state index is -3.35. The molecule has 2 rings (SSSR count). The lowest BCUT2D eigenvalue weighted by molar-refractivity contribution is 0.182. The highest BCUT2D eigenvalue weighted by Gasteiger charge is 2.41. The van der Waals surface area contributed by atoms with E-state index in [-0.39, 0.29) is 22.0 Å². The molecule has 0 aromatic carbocycles. The van der Waals surface area contributed by atoms with Gasteiger partial charge < -0.3 is 15.4 Å². The number of rotatable bonds is 7. The van der Waals surface area contributed by atoms with Crippen molar-refractivity contribution in [2.75, 3.05) is 30.9 Å². The van der Waals surface area contributed by atoms with Crippen molar-refractivity contribution in [2.24, 2.45) is 0 Å². The van der Waals surface area contributed by atoms with Crippen LogP contribution in [0.2, 0.25) is 0 Å². The molecule has 1 atom stereocenters. The summed E-state index contributed by atoms with van der Waals surface area (Å²) in [6.45, 7) is 5.18. The van der Waals surface area contributed by atoms with Crippen LogP contribution in [0.5, 0.6) is 0 Å². The minimum Gasteiger partial charge on any atom is -0.383 e. The van der Waals surface area contributed by atoms with E-state index in [1.807, 2.05) is 18.7 Å². The molecule has 1 saturated carbocycles. The van der Waals surface area contributed by atoms with Gasteiger partial charge in [-0.3, -0.25) is 0 Å². The summed E-state index contributed by atoms with van der Waals surface area (Å²) < 4.78 is 34.3. The van der Waals surface area contributed by atoms with Crippen LogP contribution in [0.3, 0.4) is 0 Å². The Morgan fingerprint density at radius 1 is 1.55 bits per heavy atom. The minimum absolute atomic E-state index is 0.0676. The fourth-order valence-electron chi connectivity index (χ4n) is 2.27. The summed E-state index contributed by atoms with van der Waals surface area (Å²) in [5.74, 6) is 0.125. The number of aromatic nitrogens is 1. The number of ether oxygens (including phenoxy) is 1. The van der Waals surface area contributed by atoms with Crippen LogP contribution < -0.4 is 10.6 Å². The van der Waals surface area contributed by atoms with E-state index >= 15 is 0 Å². The van der Waals surface area contributed by atoms with Crippen LogP contribution in [-0.2, 0) is 14.6 Å². The second kappa shape index (κ2) is 5.87. The van der Waals surface area contributed by atoms with Crippen LogP contribution in [-0.4, -0.2) is 44.3 Å². The lowest BCUT2D eigenvalue weighted by atomic mass is 10.3. The predicted octanol–water partition coefficient (Wildman–Crippen LogP) is 1.52. The summed E-state index contributed by atoms with van der Waals surface area (Å²) in [5.41, 5.74) is 5.82. The topological polar surface area (TPSA) is 85.5 Å². The van der Waals surface area contributed by atoms with Crippen molar-refractivity contribution in [2.45, 2.75) is 42.9 Å². The van der Waals surface area contributed by atoms with Crippen LogP contribution in [0.1, 0.15) is 26.7 Å². The van der Waals surface area contributed by atoms with E-state index in [2.05, 4.69) is 4.37 Å². The number of likely N-dealkylation sites (N-methyl/N-ethyl adjacent to an activating group) is 1. The Morgan fingerprint density at radius 2 is 2.20 bits per heavy atom. The molecule has 0 amide bonds. The highest BCUT2D eigenvalue weighted by atomic mass is 32.2. The van der Waals surface area contributed by atoms with Gasteiger partial charge in [0.05, 0.1) is 17.9 Å². The van der Waals surface area contributed by atoms with Crippen LogP contribution >= 0.6 is 11.5 Å². The number of hydrogen-bond donors (Lipinski definition) is 1. The van der Waals surface area contributed by atoms with Crippen LogP contribution in [0.25, 0.3) is 0 Å². The summed E-state index contributed by atoms with van der Waals surface area (Å²) in [5, 5.41) is 0.359. The second-order valence-electron chi connectivity index (χ2n) is 5.04. The molecule has 1 aliphatic carbocycles. The van der Waals surface area contributed by atoms with Gasteiger partial charge in [0.15, 0.2) is 15.7 Å². The number of sulfone groups is 1. The van der Waals surface area contributed by atoms with Crippen LogP contribution in [0.4, 0.5) is 10.8 Å². The van der Waals surface area contributed by atoms with E-state index in [9.17, 15) is 8.42 Å². The number of methoxy groups -OCH3 is 1. The van der Waals surface area contributed by atoms with Crippen molar-refractivity contribution in [3.63, 3.8) is 0 Å². The normalized spacial score (nSPS) is 17.1. The number of nitrogens with two attached hydrogens (primary N) is 1. The van der Waals surface area contributed by atoms with Gasteiger partial charge in [0.1, 0.15) is 9.90 Å². The third-order valence-corrected chi connectivity index (χ3v) is 6.80. The maximum Gasteiger partial charge on any atom is 0.187 e. The van der Waals surface area contributed by atoms with Crippen molar-refractivity contribution in [1.82, 2.24) is 4.37 Å². The Morgan fingerprint density at radius 3 is 2.70 bits per heavy atom. The number of nitrogen functional groups attached to an aromatic ring is 1. The zero-order valence-corrected chi connectivity index (χ0v) is 13.6. The third-order valence-electron chi connectivity index (χ3n) is 3.45. The molecular weight excluding hydrogens is 298 g/mol. The van der Waals surface area contributed by atoms with Crippen molar-refractivity contribution in [3.05, 3.63) is 0 Å². The molecule has 1 unspecified atom stereocenters. The molecule has 1 fully saturated rings. The van der Waals surface area contributed by atoms with E-state index < -0.39 is 9.84 Å². The lowest BCUT2D eigenvalue weighted by Gasteiger charge is -2.28. The van der Waals surface area contributed by atoms with Crippen LogP contribution in [0, 0.1) is 0 Å². The molecular formula is C12H21N3O3S2. The molecule has 1 heterocycles. The molecule has 8 heteroatoms. The number of nitrogens with zero attached hydrogens (tertiary/aromatic N) is 2. The first-order chi connectivity index (χ1) is 9.43. The van der Waals surface area contributed by atoms with Gasteiger partial charge in [0.2, 0.25) is 0 Å². The molecule has 0 bridgehead atoms. The van der Waals surface area contributed by atoms with Crippen molar-refractivity contribution < 1.29 is 13.2 Å². The third kappa shape index (κ3) is 2.77. The Bertz CT molecular complexity index is 567. The molecule has 1 aromatic rings. The van der Waals surface area contributed by atoms with Gasteiger partial charge in [-0.25, -0.2) is 8.42 Å². The Hall–Kier alpha value is -0.860. The molecule has 114 valence electrons. The molecule has 0 radical (unpaired) electrons. The van der Waals surface area contributed by atoms with Gasteiger partial charge in [0, 0.05) is 13.7 Å². The number of hydrogen-bond acceptors (Lipinski definition) is 7. The summed E-state index contributed by atoms with van der Waals surface area (Å²) in [4.78, 5) is 2.21. The first kappa shape index (κ1) is 15.5. The molecule has 20 heavy (non-hydrogen) atoms. The molecule has 1 aliphatic rings. The van der Waals surface area contributed by atoms with Gasteiger partial charge in [0.25, 0.3) is 0 Å². The van der Waals surface area contributed by atoms with E-state index in [0.717, 1.165) is 24.4 Å². The van der Waals surface area contributed by atoms with Gasteiger partial charge in [-0.05, 0) is 38.2 Å². The first-order valence-electron chi connectivity index (χ1n) is 6.68. The summed E-state index contributed by atoms with van der Waals surface area (Å²) in [6.07, 6.45) is 1.44. The van der Waals surface area contributed by atoms with Gasteiger partial charge in [-0.2, -0.15) is 4.37 Å². The van der Waals surface area contributed by atoms with E-state index in [1.165, 1.54) is 0 Å². The average molecular weight is 319 g/mol. The molecule has 0 aliphatic heterocycles. The first-order valence-corrected chi connectivity index (χ1v) is 9.00. The maximum atomic E-state index is 12.5. The zero-order valence-electron chi connectivity index (χ0n) is 12.0. The molecule has 6 nitrogen and oxygen atoms in total. The SMILES string of the molecule is CCN(c1snc(N)c1S(=O)(=O)C1CC1)C(C)COC. The summed E-state index contributed by atoms with van der Waals surface area (Å²) >= 11 is 1.15. The van der Waals surface area contributed by atoms with E-state index in [0.29, 0.717) is 18.2 Å². The van der Waals surface area contributed by atoms with Gasteiger partial charge in [-0.15, -0.1) is 0 Å². The average Bonchev–Trinajstić information content (AvgIpc) is 3.16. The van der Waals surface area contributed by atoms with E-state index in [4.69, 9.17) is 10.5 Å². The Balaban J connectivity index is 2.42. The van der Waals surface area contributed by atoms with Gasteiger partial charge in [-0.1, -0.05) is 0 Å². The summed E-state index contributed by atoms with van der Waals surface area (Å²) in [6, 6.07) is 0.0676. The van der Waals surface area contributed by atoms with Crippen LogP contribution in [0.15, 0.2) is 4.90 Å². The standard InChI is InChI=1S/C12H21N3O3S2/c1-4-15(8(2)7-18-3)12-10(11(13)14-19-12)20(16,17)9-5-6-9/h8-9H,4-7H2,1-3H3,(H2,13,14). The smallest absolute Gasteiger partial charge is 0.187 e. The second-order valence-corrected chi connectivity index (χ2v) is 7.95. The molecule has 1 aromatic heterocycles. The molecule has 0 saturated heterocycles. The highest BCUT2D eigenvalue weighted by Crippen LogP contribution is 2.42. The molecule has 2 N–H and O–H groups in total. The Labute approximate surface area is 124 Å². The fraction of sp³-hybridized carbons (Fsp3) is 0.750. The largest absolute Gasteiger partial charge is 0.383 e. The quantitative estimate of drug-likeness (QED) is 0.820. The van der Waals surface area contributed by atoms with Crippen molar-refractivity contribution >= 4 is 32.2 Å². The molecule has 0 spiro atoms. The van der Waals surface area contributed by atoms with Crippen molar-refractivity contribution in [3.8, 4) is 0 Å². The predicted molar refractivity (Wildman–Crippen MR) is 81.1 cm³/mol. The van der Waals surface area contributed by atoms with Crippen molar-refractivity contribution in [1.29, 1.82) is 0 Å². The fourth-order valence-corrected chi connectivity index (χ4v) is 5.45. The maximum absolute atomic E-state index is 12.5. The lowest BCUT2D eigenvalue weighted by Crippen LogP contribution is -2.36. The van der Waals surface area contributed by atoms with Gasteiger partial charge >= 0.3 is 0 Å². The number of anilines is 2. The van der Waals surface area contributed by atoms with E-state index in [1.54, 1.807) is 7.11 Å². The summed E-state index contributed by atoms with van der Waals surface area (Å²) in [7, 11) is -1.71. The zero-order chi connectivity index (χ0) is 14.9. The highest BCUT2D eigenvalue weighted by molar-refractivity contribution is 7.92. The Kier molecular flexibility index (Phi) is 4.55.